The second kappa shape index (κ2) is 11.0. The third-order valence-electron chi connectivity index (χ3n) is 4.47. The molecule has 0 unspecified atom stereocenters. The Morgan fingerprint density at radius 3 is 2.50 bits per heavy atom. The second-order valence-electron chi connectivity index (χ2n) is 8.01. The fourth-order valence-electron chi connectivity index (χ4n) is 2.74. The minimum Gasteiger partial charge on any atom is -0.384 e. The molecule has 0 aliphatic rings. The van der Waals surface area contributed by atoms with Crippen LogP contribution >= 0.6 is 11.6 Å². The van der Waals surface area contributed by atoms with Crippen LogP contribution in [-0.2, 0) is 0 Å². The van der Waals surface area contributed by atoms with E-state index >= 15 is 0 Å². The summed E-state index contributed by atoms with van der Waals surface area (Å²) >= 11 is 5.58. The molecule has 154 valence electrons. The molecule has 0 saturated heterocycles. The van der Waals surface area contributed by atoms with Crippen molar-refractivity contribution in [2.24, 2.45) is 10.4 Å². The average molecular weight is 405 g/mol. The van der Waals surface area contributed by atoms with Gasteiger partial charge < -0.3 is 10.6 Å². The summed E-state index contributed by atoms with van der Waals surface area (Å²) in [5.74, 6) is 0.768. The molecule has 0 fully saturated rings. The predicted molar refractivity (Wildman–Crippen MR) is 121 cm³/mol. The Balaban J connectivity index is 2.79. The van der Waals surface area contributed by atoms with E-state index in [0.717, 1.165) is 28.8 Å². The molecule has 0 aliphatic carbocycles. The van der Waals surface area contributed by atoms with E-state index in [2.05, 4.69) is 36.4 Å². The van der Waals surface area contributed by atoms with Crippen molar-refractivity contribution in [3.05, 3.63) is 41.0 Å². The number of hydrogen-bond donors (Lipinski definition) is 3. The van der Waals surface area contributed by atoms with E-state index < -0.39 is 0 Å². The zero-order valence-corrected chi connectivity index (χ0v) is 18.6. The smallest absolute Gasteiger partial charge is 0.216 e. The lowest BCUT2D eigenvalue weighted by molar-refractivity contribution is 0.0966. The summed E-state index contributed by atoms with van der Waals surface area (Å²) in [7, 11) is 1.76. The highest BCUT2D eigenvalue weighted by atomic mass is 35.5. The molecule has 6 heteroatoms. The molecular weight excluding hydrogens is 372 g/mol. The van der Waals surface area contributed by atoms with Crippen LogP contribution < -0.4 is 10.6 Å². The molecule has 0 radical (unpaired) electrons. The maximum Gasteiger partial charge on any atom is 0.216 e. The van der Waals surface area contributed by atoms with Crippen LogP contribution in [0.5, 0.6) is 0 Å². The number of rotatable bonds is 8. The van der Waals surface area contributed by atoms with Crippen LogP contribution in [0.1, 0.15) is 62.9 Å². The first-order valence-corrected chi connectivity index (χ1v) is 9.99. The molecule has 0 amide bonds. The molecule has 0 aliphatic heterocycles. The number of Topliss-reactive ketones (excluding diaryl/α,β-unsaturated/α-hetero) is 1. The number of aryl methyl sites for hydroxylation is 1. The lowest BCUT2D eigenvalue weighted by Crippen LogP contribution is -2.23. The Bertz CT molecular complexity index is 760. The second-order valence-corrected chi connectivity index (χ2v) is 8.36. The zero-order valence-electron chi connectivity index (χ0n) is 17.9. The zero-order chi connectivity index (χ0) is 21.3. The molecule has 1 rings (SSSR count). The van der Waals surface area contributed by atoms with Crippen LogP contribution in [0, 0.1) is 17.7 Å². The minimum atomic E-state index is -0.256. The number of halogens is 1. The van der Waals surface area contributed by atoms with Crippen LogP contribution in [0.2, 0.25) is 0 Å². The third kappa shape index (κ3) is 8.26. The van der Waals surface area contributed by atoms with Gasteiger partial charge in [0, 0.05) is 31.3 Å². The Morgan fingerprint density at radius 2 is 1.96 bits per heavy atom. The summed E-state index contributed by atoms with van der Waals surface area (Å²) in [5, 5.41) is 13.5. The van der Waals surface area contributed by atoms with Gasteiger partial charge in [0.2, 0.25) is 5.29 Å². The van der Waals surface area contributed by atoms with E-state index in [1.54, 1.807) is 7.05 Å². The highest BCUT2D eigenvalue weighted by Crippen LogP contribution is 2.24. The molecule has 28 heavy (non-hydrogen) atoms. The third-order valence-corrected chi connectivity index (χ3v) is 4.56. The van der Waals surface area contributed by atoms with Gasteiger partial charge in [-0.1, -0.05) is 39.0 Å². The minimum absolute atomic E-state index is 0.149. The van der Waals surface area contributed by atoms with Crippen LogP contribution in [0.25, 0.3) is 0 Å². The van der Waals surface area contributed by atoms with Crippen molar-refractivity contribution in [1.82, 2.24) is 5.32 Å². The number of amidine groups is 2. The van der Waals surface area contributed by atoms with Crippen molar-refractivity contribution < 1.29 is 4.79 Å². The molecular formula is C22H33ClN4O. The highest BCUT2D eigenvalue weighted by molar-refractivity contribution is 6.64. The average Bonchev–Trinajstić information content (AvgIpc) is 2.62. The Kier molecular flexibility index (Phi) is 9.39. The molecule has 3 N–H and O–H groups in total. The van der Waals surface area contributed by atoms with Crippen LogP contribution in [0.4, 0.5) is 5.69 Å². The Morgan fingerprint density at radius 1 is 1.29 bits per heavy atom. The van der Waals surface area contributed by atoms with E-state index in [0.29, 0.717) is 25.2 Å². The maximum absolute atomic E-state index is 12.5. The molecule has 0 aromatic heterocycles. The van der Waals surface area contributed by atoms with Crippen LogP contribution in [0.15, 0.2) is 34.8 Å². The van der Waals surface area contributed by atoms with Crippen molar-refractivity contribution in [3.8, 4) is 0 Å². The summed E-state index contributed by atoms with van der Waals surface area (Å²) in [5.41, 5.74) is 3.92. The van der Waals surface area contributed by atoms with E-state index in [4.69, 9.17) is 17.0 Å². The number of allylic oxidation sites excluding steroid dienone is 1. The van der Waals surface area contributed by atoms with Gasteiger partial charge in [0.05, 0.1) is 0 Å². The largest absolute Gasteiger partial charge is 0.384 e. The summed E-state index contributed by atoms with van der Waals surface area (Å²) < 4.78 is 0. The van der Waals surface area contributed by atoms with Gasteiger partial charge in [-0.25, -0.2) is 4.99 Å². The van der Waals surface area contributed by atoms with Gasteiger partial charge in [-0.3, -0.25) is 10.2 Å². The van der Waals surface area contributed by atoms with Gasteiger partial charge in [-0.05, 0) is 60.9 Å². The van der Waals surface area contributed by atoms with E-state index in [1.807, 2.05) is 38.1 Å². The van der Waals surface area contributed by atoms with Gasteiger partial charge in [0.25, 0.3) is 0 Å². The highest BCUT2D eigenvalue weighted by Gasteiger charge is 2.15. The molecule has 0 spiro atoms. The Labute approximate surface area is 174 Å². The molecule has 1 aromatic rings. The first-order valence-electron chi connectivity index (χ1n) is 9.61. The number of hydrogen-bond acceptors (Lipinski definition) is 3. The molecule has 1 aromatic carbocycles. The van der Waals surface area contributed by atoms with Gasteiger partial charge in [0.15, 0.2) is 5.78 Å². The normalized spacial score (nSPS) is 12.7. The summed E-state index contributed by atoms with van der Waals surface area (Å²) in [6.07, 6.45) is 4.09. The molecule has 0 saturated carbocycles. The standard InChI is InChI=1S/C22H33ClN4O/c1-7-16(20(25-6)27-21(23)24)11-13-26-18-14-17(9-8-15(18)2)19(28)10-12-22(3,4)5/h7-9,14,26H,10-13H2,1-6H3,(H2,24,25,27)/b16-7-. The number of anilines is 1. The van der Waals surface area contributed by atoms with E-state index in [9.17, 15) is 4.79 Å². The topological polar surface area (TPSA) is 77.3 Å². The monoisotopic (exact) mass is 404 g/mol. The first kappa shape index (κ1) is 23.9. The summed E-state index contributed by atoms with van der Waals surface area (Å²) in [4.78, 5) is 16.5. The number of likely N-dealkylation sites (N-methyl/N-ethyl adjacent to an activating group) is 1. The van der Waals surface area contributed by atoms with Crippen molar-refractivity contribution in [1.29, 1.82) is 5.41 Å². The predicted octanol–water partition coefficient (Wildman–Crippen LogP) is 5.54. The number of aliphatic imine (C=N–C) groups is 1. The fraction of sp³-hybridized carbons (Fsp3) is 0.500. The number of carbonyl (C=O) groups is 1. The molecule has 0 heterocycles. The SMILES string of the molecule is C/C=C(CCNc1cc(C(=O)CCC(C)(C)C)ccc1C)\C(=N/C(=N)Cl)NC. The van der Waals surface area contributed by atoms with Crippen LogP contribution in [-0.4, -0.2) is 30.5 Å². The lowest BCUT2D eigenvalue weighted by Gasteiger charge is -2.17. The number of nitrogens with one attached hydrogen (secondary N) is 3. The molecule has 0 bridgehead atoms. The quantitative estimate of drug-likeness (QED) is 0.230. The van der Waals surface area contributed by atoms with Crippen molar-refractivity contribution in [3.63, 3.8) is 0 Å². The maximum atomic E-state index is 12.5. The number of ketones is 1. The summed E-state index contributed by atoms with van der Waals surface area (Å²) in [6, 6.07) is 5.83. The fourth-order valence-corrected chi connectivity index (χ4v) is 2.82. The molecule has 0 atom stereocenters. The first-order chi connectivity index (χ1) is 13.1. The van der Waals surface area contributed by atoms with Crippen molar-refractivity contribution in [2.45, 2.75) is 53.9 Å². The number of nitrogens with zero attached hydrogens (tertiary/aromatic N) is 1. The summed E-state index contributed by atoms with van der Waals surface area (Å²) in [6.45, 7) is 11.1. The van der Waals surface area contributed by atoms with Gasteiger partial charge in [-0.2, -0.15) is 0 Å². The van der Waals surface area contributed by atoms with Gasteiger partial charge in [0.1, 0.15) is 5.84 Å². The van der Waals surface area contributed by atoms with Gasteiger partial charge >= 0.3 is 0 Å². The molecule has 5 nitrogen and oxygen atoms in total. The van der Waals surface area contributed by atoms with Crippen LogP contribution in [0.3, 0.4) is 0 Å². The van der Waals surface area contributed by atoms with Crippen molar-refractivity contribution in [2.75, 3.05) is 18.9 Å². The van der Waals surface area contributed by atoms with E-state index in [1.165, 1.54) is 0 Å². The lowest BCUT2D eigenvalue weighted by atomic mass is 9.88. The number of benzene rings is 1. The van der Waals surface area contributed by atoms with Crippen molar-refractivity contribution >= 4 is 34.2 Å². The van der Waals surface area contributed by atoms with E-state index in [-0.39, 0.29) is 16.5 Å². The number of carbonyl (C=O) groups excluding carboxylic acids is 1. The van der Waals surface area contributed by atoms with Gasteiger partial charge in [-0.15, -0.1) is 0 Å². The Hall–Kier alpha value is -2.14.